The van der Waals surface area contributed by atoms with E-state index in [9.17, 15) is 0 Å². The predicted octanol–water partition coefficient (Wildman–Crippen LogP) is 8.97. The first-order valence-electron chi connectivity index (χ1n) is 14.7. The van der Waals surface area contributed by atoms with Crippen LogP contribution in [0.15, 0.2) is 132 Å². The van der Waals surface area contributed by atoms with E-state index in [0.717, 1.165) is 50.9 Å². The quantitative estimate of drug-likeness (QED) is 0.232. The molecule has 4 heterocycles. The molecule has 0 amide bonds. The molecule has 42 heavy (non-hydrogen) atoms. The minimum atomic E-state index is -0.0565. The van der Waals surface area contributed by atoms with Gasteiger partial charge in [0.25, 0.3) is 0 Å². The highest BCUT2D eigenvalue weighted by Gasteiger charge is 2.49. The number of aromatic amines is 1. The summed E-state index contributed by atoms with van der Waals surface area (Å²) in [6.45, 7) is 2.34. The van der Waals surface area contributed by atoms with Crippen molar-refractivity contribution < 1.29 is 4.42 Å². The average molecular weight is 547 g/mol. The molecule has 2 aliphatic rings. The zero-order chi connectivity index (χ0) is 27.8. The fourth-order valence-electron chi connectivity index (χ4n) is 7.20. The van der Waals surface area contributed by atoms with E-state index in [-0.39, 0.29) is 17.7 Å². The second kappa shape index (κ2) is 8.75. The summed E-state index contributed by atoms with van der Waals surface area (Å²) in [5, 5.41) is 8.57. The van der Waals surface area contributed by atoms with Crippen molar-refractivity contribution in [2.24, 2.45) is 5.41 Å². The molecule has 0 spiro atoms. The maximum absolute atomic E-state index is 7.05. The summed E-state index contributed by atoms with van der Waals surface area (Å²) in [6.07, 6.45) is 12.0. The van der Waals surface area contributed by atoms with Crippen LogP contribution in [-0.4, -0.2) is 15.7 Å². The van der Waals surface area contributed by atoms with Crippen molar-refractivity contribution in [2.75, 3.05) is 4.90 Å². The average Bonchev–Trinajstić information content (AvgIpc) is 3.74. The highest BCUT2D eigenvalue weighted by Crippen LogP contribution is 2.49. The zero-order valence-corrected chi connectivity index (χ0v) is 23.3. The van der Waals surface area contributed by atoms with E-state index >= 15 is 0 Å². The lowest BCUT2D eigenvalue weighted by Crippen LogP contribution is -2.69. The number of H-pyrrole nitrogens is 1. The van der Waals surface area contributed by atoms with Crippen LogP contribution in [0.3, 0.4) is 0 Å². The summed E-state index contributed by atoms with van der Waals surface area (Å²) in [5.41, 5.74) is 7.44. The summed E-state index contributed by atoms with van der Waals surface area (Å²) in [4.78, 5) is 5.95. The van der Waals surface area contributed by atoms with Gasteiger partial charge in [-0.25, -0.2) is 0 Å². The van der Waals surface area contributed by atoms with Crippen LogP contribution >= 0.6 is 0 Å². The Morgan fingerprint density at radius 2 is 1.57 bits per heavy atom. The van der Waals surface area contributed by atoms with Gasteiger partial charge in [-0.2, -0.15) is 0 Å². The number of hydrogen-bond acceptors (Lipinski definition) is 3. The fraction of sp³-hybridized carbons (Fsp3) is 0.135. The Balaban J connectivity index is 1.32. The molecule has 2 N–H and O–H groups in total. The molecule has 3 unspecified atom stereocenters. The molecule has 0 radical (unpaired) electrons. The van der Waals surface area contributed by atoms with Gasteiger partial charge in [-0.3, -0.25) is 5.32 Å². The largest absolute Gasteiger partial charge is 0.452 e. The molecule has 1 aliphatic carbocycles. The molecule has 204 valence electrons. The van der Waals surface area contributed by atoms with Gasteiger partial charge >= 0.3 is 0 Å². The topological polar surface area (TPSA) is 49.1 Å². The van der Waals surface area contributed by atoms with Crippen molar-refractivity contribution in [2.45, 2.75) is 25.7 Å². The summed E-state index contributed by atoms with van der Waals surface area (Å²) >= 11 is 0. The van der Waals surface area contributed by atoms with Crippen LogP contribution in [0, 0.1) is 5.41 Å². The van der Waals surface area contributed by atoms with Crippen LogP contribution in [0.5, 0.6) is 0 Å². The number of para-hydroxylation sites is 3. The normalized spacial score (nSPS) is 22.1. The standard InChI is InChI=1S/C37H30N4O/c1-37(21-8-3-9-22-37)36-39-35(29-16-11-23-38-29)41(36)31-18-10-15-27-28-20-19-26-25-14-6-7-17-30(25)40(24-12-4-2-5-13-24)32(26)34(28)42-33(27)31/h2-21,23,35-36,38-39H,22H2,1H3. The fourth-order valence-corrected chi connectivity index (χ4v) is 7.20. The Hall–Kier alpha value is -5.00. The van der Waals surface area contributed by atoms with Gasteiger partial charge in [0.2, 0.25) is 0 Å². The molecule has 5 nitrogen and oxygen atoms in total. The highest BCUT2D eigenvalue weighted by atomic mass is 16.3. The molecular weight excluding hydrogens is 516 g/mol. The summed E-state index contributed by atoms with van der Waals surface area (Å²) in [5.74, 6) is 0. The van der Waals surface area contributed by atoms with E-state index in [2.05, 4.69) is 148 Å². The van der Waals surface area contributed by atoms with Crippen molar-refractivity contribution in [3.63, 3.8) is 0 Å². The maximum atomic E-state index is 7.05. The predicted molar refractivity (Wildman–Crippen MR) is 172 cm³/mol. The highest BCUT2D eigenvalue weighted by molar-refractivity contribution is 6.22. The van der Waals surface area contributed by atoms with Gasteiger partial charge in [0.15, 0.2) is 11.2 Å². The molecule has 1 saturated heterocycles. The lowest BCUT2D eigenvalue weighted by atomic mass is 9.77. The minimum absolute atomic E-state index is 0.0238. The smallest absolute Gasteiger partial charge is 0.160 e. The monoisotopic (exact) mass is 546 g/mol. The molecule has 0 bridgehead atoms. The molecule has 3 aromatic heterocycles. The van der Waals surface area contributed by atoms with Gasteiger partial charge < -0.3 is 18.9 Å². The van der Waals surface area contributed by atoms with Gasteiger partial charge in [-0.15, -0.1) is 0 Å². The molecule has 1 aliphatic heterocycles. The maximum Gasteiger partial charge on any atom is 0.160 e. The lowest BCUT2D eigenvalue weighted by molar-refractivity contribution is 0.150. The van der Waals surface area contributed by atoms with Crippen molar-refractivity contribution in [3.8, 4) is 5.69 Å². The van der Waals surface area contributed by atoms with Crippen molar-refractivity contribution in [3.05, 3.63) is 133 Å². The SMILES string of the molecule is CC1(C2NC(c3ccc[nH]3)N2c2cccc3c2oc2c3ccc3c4ccccc4n(-c4ccccc4)c32)C=CC=CC1. The summed E-state index contributed by atoms with van der Waals surface area (Å²) in [7, 11) is 0. The zero-order valence-electron chi connectivity index (χ0n) is 23.3. The van der Waals surface area contributed by atoms with Gasteiger partial charge in [0.1, 0.15) is 6.17 Å². The first-order valence-corrected chi connectivity index (χ1v) is 14.7. The van der Waals surface area contributed by atoms with E-state index in [0.29, 0.717) is 0 Å². The number of fused-ring (bicyclic) bond motifs is 7. The molecular formula is C37H30N4O. The Kier molecular flexibility index (Phi) is 4.93. The van der Waals surface area contributed by atoms with E-state index in [4.69, 9.17) is 4.42 Å². The Bertz CT molecular complexity index is 2180. The summed E-state index contributed by atoms with van der Waals surface area (Å²) in [6, 6.07) is 34.5. The van der Waals surface area contributed by atoms with Crippen LogP contribution in [-0.2, 0) is 0 Å². The number of nitrogens with zero attached hydrogens (tertiary/aromatic N) is 2. The second-order valence-electron chi connectivity index (χ2n) is 11.8. The molecule has 0 saturated carbocycles. The third kappa shape index (κ3) is 3.23. The number of rotatable bonds is 4. The molecule has 5 heteroatoms. The molecule has 3 atom stereocenters. The first kappa shape index (κ1) is 23.7. The van der Waals surface area contributed by atoms with E-state index < -0.39 is 0 Å². The Labute approximate surface area is 243 Å². The van der Waals surface area contributed by atoms with E-state index in [1.807, 2.05) is 6.20 Å². The second-order valence-corrected chi connectivity index (χ2v) is 11.8. The number of hydrogen-bond donors (Lipinski definition) is 2. The third-order valence-electron chi connectivity index (χ3n) is 9.27. The van der Waals surface area contributed by atoms with Gasteiger partial charge in [-0.05, 0) is 48.9 Å². The molecule has 7 aromatic rings. The van der Waals surface area contributed by atoms with Crippen LogP contribution in [0.25, 0.3) is 49.4 Å². The molecule has 4 aromatic carbocycles. The van der Waals surface area contributed by atoms with Crippen LogP contribution in [0.2, 0.25) is 0 Å². The van der Waals surface area contributed by atoms with Gasteiger partial charge in [0, 0.05) is 38.8 Å². The van der Waals surface area contributed by atoms with Crippen molar-refractivity contribution in [1.29, 1.82) is 0 Å². The number of furan rings is 1. The van der Waals surface area contributed by atoms with Gasteiger partial charge in [0.05, 0.1) is 28.6 Å². The van der Waals surface area contributed by atoms with Crippen LogP contribution in [0.1, 0.15) is 25.2 Å². The Morgan fingerprint density at radius 3 is 2.40 bits per heavy atom. The minimum Gasteiger partial charge on any atom is -0.452 e. The third-order valence-corrected chi connectivity index (χ3v) is 9.27. The molecule has 1 fully saturated rings. The Morgan fingerprint density at radius 1 is 0.762 bits per heavy atom. The number of benzene rings is 4. The lowest BCUT2D eigenvalue weighted by Gasteiger charge is -2.57. The van der Waals surface area contributed by atoms with Gasteiger partial charge in [-0.1, -0.05) is 85.8 Å². The van der Waals surface area contributed by atoms with Crippen molar-refractivity contribution >= 4 is 49.4 Å². The van der Waals surface area contributed by atoms with Crippen LogP contribution in [0.4, 0.5) is 5.69 Å². The summed E-state index contributed by atoms with van der Waals surface area (Å²) < 4.78 is 9.40. The molecule has 9 rings (SSSR count). The number of nitrogens with one attached hydrogen (secondary N) is 2. The first-order chi connectivity index (χ1) is 20.7. The van der Waals surface area contributed by atoms with Crippen LogP contribution < -0.4 is 10.2 Å². The number of aromatic nitrogens is 2. The number of allylic oxidation sites excluding steroid dienone is 3. The van der Waals surface area contributed by atoms with E-state index in [1.54, 1.807) is 0 Å². The van der Waals surface area contributed by atoms with Crippen molar-refractivity contribution in [1.82, 2.24) is 14.9 Å². The van der Waals surface area contributed by atoms with E-state index in [1.165, 1.54) is 16.3 Å². The number of anilines is 1.